The molecule has 0 aliphatic carbocycles. The first kappa shape index (κ1) is 16.6. The number of anilines is 1. The highest BCUT2D eigenvalue weighted by atomic mass is 19.1. The molecule has 1 aromatic carbocycles. The third kappa shape index (κ3) is 4.58. The van der Waals surface area contributed by atoms with Gasteiger partial charge in [-0.3, -0.25) is 19.6 Å². The van der Waals surface area contributed by atoms with Crippen LogP contribution in [0.2, 0.25) is 0 Å². The van der Waals surface area contributed by atoms with E-state index in [2.05, 4.69) is 10.4 Å². The number of amides is 1. The quantitative estimate of drug-likeness (QED) is 0.645. The average Bonchev–Trinajstić information content (AvgIpc) is 2.90. The van der Waals surface area contributed by atoms with Gasteiger partial charge in [-0.1, -0.05) is 6.07 Å². The van der Waals surface area contributed by atoms with Crippen LogP contribution >= 0.6 is 0 Å². The van der Waals surface area contributed by atoms with E-state index in [1.165, 1.54) is 12.1 Å². The minimum absolute atomic E-state index is 0.0548. The third-order valence-electron chi connectivity index (χ3n) is 2.94. The van der Waals surface area contributed by atoms with Crippen LogP contribution in [0.25, 0.3) is 0 Å². The van der Waals surface area contributed by atoms with Gasteiger partial charge >= 0.3 is 5.69 Å². The molecule has 0 saturated heterocycles. The number of nitrogens with zero attached hydrogens (tertiary/aromatic N) is 4. The minimum Gasteiger partial charge on any atom is -0.322 e. The van der Waals surface area contributed by atoms with Gasteiger partial charge in [0, 0.05) is 6.54 Å². The Balaban J connectivity index is 2.00. The molecule has 2 aromatic rings. The molecule has 0 atom stereocenters. The van der Waals surface area contributed by atoms with Crippen LogP contribution in [-0.4, -0.2) is 39.6 Å². The minimum atomic E-state index is -0.607. The number of halogens is 1. The lowest BCUT2D eigenvalue weighted by molar-refractivity contribution is -0.385. The molecule has 1 N–H and O–H groups in total. The first-order valence-corrected chi connectivity index (χ1v) is 6.75. The summed E-state index contributed by atoms with van der Waals surface area (Å²) in [7, 11) is 3.74. The van der Waals surface area contributed by atoms with E-state index in [1.807, 2.05) is 19.0 Å². The SMILES string of the molecule is CN(C)Cc1ccc(NC(=O)Cn2cc([N+](=O)[O-])cn2)c(F)c1. The summed E-state index contributed by atoms with van der Waals surface area (Å²) in [6.07, 6.45) is 2.18. The Kier molecular flexibility index (Phi) is 5.02. The Morgan fingerprint density at radius 2 is 2.22 bits per heavy atom. The van der Waals surface area contributed by atoms with Gasteiger partial charge in [0.2, 0.25) is 5.91 Å². The molecule has 0 unspecified atom stereocenters. The molecule has 0 aliphatic rings. The highest BCUT2D eigenvalue weighted by Crippen LogP contribution is 2.17. The van der Waals surface area contributed by atoms with Crippen LogP contribution < -0.4 is 5.32 Å². The number of carbonyl (C=O) groups excluding carboxylic acids is 1. The van der Waals surface area contributed by atoms with Crippen LogP contribution in [0.4, 0.5) is 15.8 Å². The van der Waals surface area contributed by atoms with Gasteiger partial charge in [0.1, 0.15) is 24.8 Å². The number of aromatic nitrogens is 2. The van der Waals surface area contributed by atoms with Crippen molar-refractivity contribution < 1.29 is 14.1 Å². The zero-order valence-corrected chi connectivity index (χ0v) is 12.7. The van der Waals surface area contributed by atoms with E-state index in [4.69, 9.17) is 0 Å². The van der Waals surface area contributed by atoms with Crippen molar-refractivity contribution in [3.05, 3.63) is 52.1 Å². The summed E-state index contributed by atoms with van der Waals surface area (Å²) < 4.78 is 15.1. The molecule has 1 amide bonds. The second-order valence-corrected chi connectivity index (χ2v) is 5.25. The molecule has 0 spiro atoms. The molecule has 23 heavy (non-hydrogen) atoms. The number of rotatable bonds is 6. The van der Waals surface area contributed by atoms with Crippen molar-refractivity contribution in [2.75, 3.05) is 19.4 Å². The predicted octanol–water partition coefficient (Wildman–Crippen LogP) is 1.63. The van der Waals surface area contributed by atoms with Crippen molar-refractivity contribution in [1.29, 1.82) is 0 Å². The van der Waals surface area contributed by atoms with E-state index in [0.717, 1.165) is 22.6 Å². The largest absolute Gasteiger partial charge is 0.322 e. The van der Waals surface area contributed by atoms with Crippen LogP contribution in [0.15, 0.2) is 30.6 Å². The predicted molar refractivity (Wildman–Crippen MR) is 81.3 cm³/mol. The molecule has 0 saturated carbocycles. The summed E-state index contributed by atoms with van der Waals surface area (Å²) in [5.41, 5.74) is 0.629. The molecule has 2 rings (SSSR count). The number of nitro groups is 1. The van der Waals surface area contributed by atoms with E-state index in [1.54, 1.807) is 6.07 Å². The van der Waals surface area contributed by atoms with Crippen molar-refractivity contribution in [2.24, 2.45) is 0 Å². The normalized spacial score (nSPS) is 10.8. The Labute approximate surface area is 131 Å². The molecule has 1 heterocycles. The lowest BCUT2D eigenvalue weighted by Crippen LogP contribution is -2.20. The lowest BCUT2D eigenvalue weighted by atomic mass is 10.2. The molecular weight excluding hydrogens is 305 g/mol. The van der Waals surface area contributed by atoms with Crippen molar-refractivity contribution in [1.82, 2.24) is 14.7 Å². The second-order valence-electron chi connectivity index (χ2n) is 5.25. The third-order valence-corrected chi connectivity index (χ3v) is 2.94. The number of nitrogens with one attached hydrogen (secondary N) is 1. The maximum atomic E-state index is 14.0. The second kappa shape index (κ2) is 6.97. The summed E-state index contributed by atoms with van der Waals surface area (Å²) in [6.45, 7) is 0.342. The van der Waals surface area contributed by atoms with E-state index in [9.17, 15) is 19.3 Å². The summed E-state index contributed by atoms with van der Waals surface area (Å²) in [5, 5.41) is 16.7. The Morgan fingerprint density at radius 3 is 2.78 bits per heavy atom. The topological polar surface area (TPSA) is 93.3 Å². The van der Waals surface area contributed by atoms with Gasteiger partial charge in [-0.2, -0.15) is 5.10 Å². The van der Waals surface area contributed by atoms with Gasteiger partial charge in [0.25, 0.3) is 0 Å². The smallest absolute Gasteiger partial charge is 0.307 e. The lowest BCUT2D eigenvalue weighted by Gasteiger charge is -2.11. The highest BCUT2D eigenvalue weighted by Gasteiger charge is 2.13. The summed E-state index contributed by atoms with van der Waals surface area (Å²) >= 11 is 0. The standard InChI is InChI=1S/C14H16FN5O3/c1-18(2)7-10-3-4-13(12(15)5-10)17-14(21)9-19-8-11(6-16-19)20(22)23/h3-6,8H,7,9H2,1-2H3,(H,17,21). The van der Waals surface area contributed by atoms with Gasteiger partial charge in [-0.05, 0) is 31.8 Å². The first-order valence-electron chi connectivity index (χ1n) is 6.75. The average molecular weight is 321 g/mol. The molecule has 0 fully saturated rings. The number of hydrogen-bond acceptors (Lipinski definition) is 5. The number of benzene rings is 1. The molecule has 0 bridgehead atoms. The van der Waals surface area contributed by atoms with Crippen molar-refractivity contribution >= 4 is 17.3 Å². The van der Waals surface area contributed by atoms with Gasteiger partial charge in [0.05, 0.1) is 10.6 Å². The van der Waals surface area contributed by atoms with E-state index in [0.29, 0.717) is 6.54 Å². The summed E-state index contributed by atoms with van der Waals surface area (Å²) in [5.74, 6) is -1.06. The monoisotopic (exact) mass is 321 g/mol. The highest BCUT2D eigenvalue weighted by molar-refractivity contribution is 5.90. The summed E-state index contributed by atoms with van der Waals surface area (Å²) in [4.78, 5) is 23.7. The molecule has 122 valence electrons. The van der Waals surface area contributed by atoms with Crippen molar-refractivity contribution in [2.45, 2.75) is 13.1 Å². The van der Waals surface area contributed by atoms with Crippen LogP contribution in [0.5, 0.6) is 0 Å². The van der Waals surface area contributed by atoms with Gasteiger partial charge in [-0.15, -0.1) is 0 Å². The summed E-state index contributed by atoms with van der Waals surface area (Å²) in [6, 6.07) is 4.56. The van der Waals surface area contributed by atoms with Crippen LogP contribution in [0.1, 0.15) is 5.56 Å². The molecule has 0 radical (unpaired) electrons. The fourth-order valence-corrected chi connectivity index (χ4v) is 1.99. The van der Waals surface area contributed by atoms with Crippen LogP contribution in [0.3, 0.4) is 0 Å². The van der Waals surface area contributed by atoms with Crippen LogP contribution in [-0.2, 0) is 17.9 Å². The molecule has 1 aromatic heterocycles. The number of carbonyl (C=O) groups is 1. The van der Waals surface area contributed by atoms with Gasteiger partial charge in [0.15, 0.2) is 0 Å². The van der Waals surface area contributed by atoms with Gasteiger partial charge in [-0.25, -0.2) is 4.39 Å². The first-order chi connectivity index (χ1) is 10.8. The number of hydrogen-bond donors (Lipinski definition) is 1. The molecule has 9 heteroatoms. The fraction of sp³-hybridized carbons (Fsp3) is 0.286. The van der Waals surface area contributed by atoms with E-state index >= 15 is 0 Å². The maximum absolute atomic E-state index is 14.0. The van der Waals surface area contributed by atoms with Gasteiger partial charge < -0.3 is 10.2 Å². The Bertz CT molecular complexity index is 729. The van der Waals surface area contributed by atoms with Crippen molar-refractivity contribution in [3.8, 4) is 0 Å². The molecule has 8 nitrogen and oxygen atoms in total. The molecular formula is C14H16FN5O3. The zero-order chi connectivity index (χ0) is 17.0. The van der Waals surface area contributed by atoms with E-state index < -0.39 is 16.6 Å². The fourth-order valence-electron chi connectivity index (χ4n) is 1.99. The molecule has 0 aliphatic heterocycles. The zero-order valence-electron chi connectivity index (χ0n) is 12.7. The Morgan fingerprint density at radius 1 is 1.48 bits per heavy atom. The van der Waals surface area contributed by atoms with Crippen LogP contribution in [0, 0.1) is 15.9 Å². The van der Waals surface area contributed by atoms with E-state index in [-0.39, 0.29) is 17.9 Å². The van der Waals surface area contributed by atoms with Crippen molar-refractivity contribution in [3.63, 3.8) is 0 Å². The Hall–Kier alpha value is -2.81. The maximum Gasteiger partial charge on any atom is 0.307 e.